The van der Waals surface area contributed by atoms with E-state index < -0.39 is 0 Å². The summed E-state index contributed by atoms with van der Waals surface area (Å²) in [4.78, 5) is 0. The zero-order valence-electron chi connectivity index (χ0n) is 7.33. The van der Waals surface area contributed by atoms with Crippen LogP contribution in [0.4, 0.5) is 0 Å². The fourth-order valence-electron chi connectivity index (χ4n) is 0.922. The van der Waals surface area contributed by atoms with Crippen molar-refractivity contribution in [3.8, 4) is 0 Å². The molecular weight excluding hydrogens is 215 g/mol. The van der Waals surface area contributed by atoms with Gasteiger partial charge in [0.25, 0.3) is 0 Å². The minimum Gasteiger partial charge on any atom is -0.419 e. The van der Waals surface area contributed by atoms with Crippen LogP contribution in [0, 0.1) is 0 Å². The normalized spacial score (nSPS) is 10.3. The van der Waals surface area contributed by atoms with Crippen molar-refractivity contribution in [3.05, 3.63) is 30.3 Å². The quantitative estimate of drug-likeness (QED) is 0.719. The Morgan fingerprint density at radius 1 is 1.25 bits per heavy atom. The Kier molecular flexibility index (Phi) is 3.82. The second kappa shape index (κ2) is 4.68. The van der Waals surface area contributed by atoms with E-state index in [4.69, 9.17) is 4.65 Å². The van der Waals surface area contributed by atoms with Crippen LogP contribution in [0.1, 0.15) is 13.8 Å². The maximum absolute atomic E-state index is 5.55. The van der Waals surface area contributed by atoms with E-state index in [1.165, 1.54) is 0 Å². The second-order valence-corrected chi connectivity index (χ2v) is 3.74. The number of benzene rings is 1. The highest BCUT2D eigenvalue weighted by atomic mass is 79.9. The first kappa shape index (κ1) is 9.81. The molecule has 0 fully saturated rings. The molecule has 3 heteroatoms. The van der Waals surface area contributed by atoms with Crippen LogP contribution < -0.4 is 5.46 Å². The molecule has 0 unspecified atom stereocenters. The van der Waals surface area contributed by atoms with Crippen molar-refractivity contribution in [3.63, 3.8) is 0 Å². The Bertz CT molecular complexity index is 225. The van der Waals surface area contributed by atoms with E-state index in [0.29, 0.717) is 0 Å². The Balaban J connectivity index is 2.59. The molecule has 0 bridgehead atoms. The average molecular weight is 227 g/mol. The third-order valence-electron chi connectivity index (χ3n) is 1.45. The van der Waals surface area contributed by atoms with E-state index in [2.05, 4.69) is 15.8 Å². The van der Waals surface area contributed by atoms with E-state index in [0.717, 1.165) is 5.46 Å². The van der Waals surface area contributed by atoms with Crippen LogP contribution in [0.2, 0.25) is 0 Å². The van der Waals surface area contributed by atoms with Gasteiger partial charge in [0.2, 0.25) is 0 Å². The summed E-state index contributed by atoms with van der Waals surface area (Å²) >= 11 is 3.46. The zero-order chi connectivity index (χ0) is 8.97. The molecule has 0 aliphatic rings. The number of hydrogen-bond donors (Lipinski definition) is 0. The Morgan fingerprint density at radius 3 is 2.33 bits per heavy atom. The molecule has 64 valence electrons. The van der Waals surface area contributed by atoms with Gasteiger partial charge in [-0.05, 0) is 19.3 Å². The van der Waals surface area contributed by atoms with Crippen LogP contribution in [0.3, 0.4) is 0 Å². The van der Waals surface area contributed by atoms with Gasteiger partial charge in [-0.15, -0.1) is 15.8 Å². The van der Waals surface area contributed by atoms with E-state index in [1.54, 1.807) is 0 Å². The first-order valence-corrected chi connectivity index (χ1v) is 4.96. The SMILES string of the molecule is CC(C)OB(Br)c1ccccc1. The van der Waals surface area contributed by atoms with Crippen LogP contribution in [0.25, 0.3) is 0 Å². The molecule has 0 aliphatic carbocycles. The fraction of sp³-hybridized carbons (Fsp3) is 0.333. The molecule has 1 aromatic rings. The fourth-order valence-corrected chi connectivity index (χ4v) is 1.66. The largest absolute Gasteiger partial charge is 0.419 e. The summed E-state index contributed by atoms with van der Waals surface area (Å²) in [5.41, 5.74) is 1.17. The summed E-state index contributed by atoms with van der Waals surface area (Å²) in [6, 6.07) is 10.1. The first-order chi connectivity index (χ1) is 5.70. The van der Waals surface area contributed by atoms with Gasteiger partial charge in [-0.3, -0.25) is 0 Å². The smallest absolute Gasteiger partial charge is 0.405 e. The average Bonchev–Trinajstić information content (AvgIpc) is 2.05. The summed E-state index contributed by atoms with van der Waals surface area (Å²) in [5, 5.41) is 0. The van der Waals surface area contributed by atoms with Crippen LogP contribution in [0.5, 0.6) is 0 Å². The van der Waals surface area contributed by atoms with Gasteiger partial charge in [-0.2, -0.15) is 0 Å². The summed E-state index contributed by atoms with van der Waals surface area (Å²) in [5.74, 6) is 0. The van der Waals surface area contributed by atoms with Gasteiger partial charge < -0.3 is 4.65 Å². The number of rotatable bonds is 3. The number of hydrogen-bond acceptors (Lipinski definition) is 1. The molecular formula is C9H12BBrO. The highest BCUT2D eigenvalue weighted by Crippen LogP contribution is 2.01. The maximum Gasteiger partial charge on any atom is 0.405 e. The molecule has 0 aliphatic heterocycles. The monoisotopic (exact) mass is 226 g/mol. The van der Waals surface area contributed by atoms with Gasteiger partial charge in [0.1, 0.15) is 0 Å². The summed E-state index contributed by atoms with van der Waals surface area (Å²) in [6.45, 7) is 4.05. The van der Waals surface area contributed by atoms with Crippen molar-refractivity contribution in [2.24, 2.45) is 0 Å². The van der Waals surface area contributed by atoms with Crippen LogP contribution >= 0.6 is 15.8 Å². The lowest BCUT2D eigenvalue weighted by Crippen LogP contribution is -2.29. The highest BCUT2D eigenvalue weighted by molar-refractivity contribution is 9.24. The predicted molar refractivity (Wildman–Crippen MR) is 57.0 cm³/mol. The lowest BCUT2D eigenvalue weighted by atomic mass is 9.87. The molecule has 0 amide bonds. The van der Waals surface area contributed by atoms with Crippen LogP contribution in [-0.2, 0) is 4.65 Å². The molecule has 0 radical (unpaired) electrons. The second-order valence-electron chi connectivity index (χ2n) is 2.91. The molecule has 12 heavy (non-hydrogen) atoms. The van der Waals surface area contributed by atoms with Crippen molar-refractivity contribution in [1.82, 2.24) is 0 Å². The molecule has 0 atom stereocenters. The van der Waals surface area contributed by atoms with E-state index in [9.17, 15) is 0 Å². The highest BCUT2D eigenvalue weighted by Gasteiger charge is 2.14. The number of halogens is 1. The van der Waals surface area contributed by atoms with Crippen molar-refractivity contribution >= 4 is 27.0 Å². The van der Waals surface area contributed by atoms with Crippen LogP contribution in [-0.4, -0.2) is 11.8 Å². The maximum atomic E-state index is 5.55. The van der Waals surface area contributed by atoms with Crippen LogP contribution in [0.15, 0.2) is 30.3 Å². The standard InChI is InChI=1S/C9H12BBrO/c1-8(2)12-10(11)9-6-4-3-5-7-9/h3-8H,1-2H3. The minimum absolute atomic E-state index is 0.0127. The van der Waals surface area contributed by atoms with Gasteiger partial charge in [0.15, 0.2) is 0 Å². The third-order valence-corrected chi connectivity index (χ3v) is 2.20. The molecule has 0 saturated heterocycles. The topological polar surface area (TPSA) is 9.23 Å². The van der Waals surface area contributed by atoms with Gasteiger partial charge in [0, 0.05) is 6.10 Å². The van der Waals surface area contributed by atoms with E-state index in [1.807, 2.05) is 44.2 Å². The van der Waals surface area contributed by atoms with Crippen molar-refractivity contribution in [1.29, 1.82) is 0 Å². The van der Waals surface area contributed by atoms with Gasteiger partial charge >= 0.3 is 5.74 Å². The lowest BCUT2D eigenvalue weighted by molar-refractivity contribution is 0.258. The van der Waals surface area contributed by atoms with Gasteiger partial charge in [-0.25, -0.2) is 0 Å². The minimum atomic E-state index is 0.0127. The summed E-state index contributed by atoms with van der Waals surface area (Å²) < 4.78 is 5.55. The van der Waals surface area contributed by atoms with E-state index >= 15 is 0 Å². The Hall–Kier alpha value is -0.275. The lowest BCUT2D eigenvalue weighted by Gasteiger charge is -2.11. The molecule has 0 heterocycles. The molecule has 1 aromatic carbocycles. The van der Waals surface area contributed by atoms with Crippen molar-refractivity contribution in [2.75, 3.05) is 0 Å². The van der Waals surface area contributed by atoms with Gasteiger partial charge in [-0.1, -0.05) is 30.3 Å². The molecule has 0 saturated carbocycles. The summed E-state index contributed by atoms with van der Waals surface area (Å²) in [7, 11) is 0. The molecule has 0 aromatic heterocycles. The van der Waals surface area contributed by atoms with Gasteiger partial charge in [0.05, 0.1) is 0 Å². The van der Waals surface area contributed by atoms with E-state index in [-0.39, 0.29) is 11.8 Å². The summed E-state index contributed by atoms with van der Waals surface area (Å²) in [6.07, 6.45) is 0.245. The molecule has 1 nitrogen and oxygen atoms in total. The Morgan fingerprint density at radius 2 is 1.83 bits per heavy atom. The third kappa shape index (κ3) is 2.99. The molecule has 0 N–H and O–H groups in total. The molecule has 1 rings (SSSR count). The van der Waals surface area contributed by atoms with Crippen molar-refractivity contribution in [2.45, 2.75) is 20.0 Å². The predicted octanol–water partition coefficient (Wildman–Crippen LogP) is 2.20. The van der Waals surface area contributed by atoms with Crippen molar-refractivity contribution < 1.29 is 4.65 Å². The Labute approximate surface area is 82.2 Å². The molecule has 0 spiro atoms. The first-order valence-electron chi connectivity index (χ1n) is 4.04. The zero-order valence-corrected chi connectivity index (χ0v) is 8.91.